The summed E-state index contributed by atoms with van der Waals surface area (Å²) in [6.07, 6.45) is 9.88. The minimum Gasteiger partial charge on any atom is -0.371 e. The second kappa shape index (κ2) is 6.60. The van der Waals surface area contributed by atoms with Gasteiger partial charge in [0.1, 0.15) is 0 Å². The summed E-state index contributed by atoms with van der Waals surface area (Å²) in [5.41, 5.74) is 6.93. The van der Waals surface area contributed by atoms with E-state index in [0.29, 0.717) is 0 Å². The fourth-order valence-corrected chi connectivity index (χ4v) is 3.65. The van der Waals surface area contributed by atoms with Gasteiger partial charge in [-0.2, -0.15) is 0 Å². The topological polar surface area (TPSA) is 6.48 Å². The second-order valence-corrected chi connectivity index (χ2v) is 6.38. The number of benzene rings is 1. The van der Waals surface area contributed by atoms with Crippen LogP contribution in [0.25, 0.3) is 5.70 Å². The van der Waals surface area contributed by atoms with Crippen molar-refractivity contribution < 1.29 is 0 Å². The molecule has 0 amide bonds. The first-order valence-corrected chi connectivity index (χ1v) is 8.80. The third-order valence-electron chi connectivity index (χ3n) is 4.74. The molecule has 118 valence electrons. The van der Waals surface area contributed by atoms with Crippen molar-refractivity contribution in [2.24, 2.45) is 0 Å². The van der Waals surface area contributed by atoms with E-state index in [1.165, 1.54) is 60.6 Å². The van der Waals surface area contributed by atoms with Gasteiger partial charge in [-0.3, -0.25) is 0 Å². The van der Waals surface area contributed by atoms with Crippen molar-refractivity contribution in [3.8, 4) is 0 Å². The molecule has 0 atom stereocenters. The molecule has 2 heteroatoms. The maximum atomic E-state index is 2.60. The Morgan fingerprint density at radius 2 is 1.86 bits per heavy atom. The number of allylic oxidation sites excluding steroid dienone is 2. The predicted molar refractivity (Wildman–Crippen MR) is 96.0 cm³/mol. The molecule has 0 aliphatic carbocycles. The van der Waals surface area contributed by atoms with E-state index in [1.807, 2.05) is 0 Å². The monoisotopic (exact) mass is 296 g/mol. The van der Waals surface area contributed by atoms with Gasteiger partial charge in [-0.15, -0.1) is 0 Å². The molecule has 0 bridgehead atoms. The third kappa shape index (κ3) is 2.79. The van der Waals surface area contributed by atoms with E-state index in [4.69, 9.17) is 0 Å². The van der Waals surface area contributed by atoms with E-state index < -0.39 is 0 Å². The minimum atomic E-state index is 1.02. The van der Waals surface area contributed by atoms with Crippen molar-refractivity contribution in [2.45, 2.75) is 46.5 Å². The Balaban J connectivity index is 2.10. The summed E-state index contributed by atoms with van der Waals surface area (Å²) in [5.74, 6) is 0. The molecule has 1 aromatic rings. The van der Waals surface area contributed by atoms with Gasteiger partial charge in [-0.05, 0) is 57.7 Å². The van der Waals surface area contributed by atoms with Crippen LogP contribution in [0.1, 0.15) is 50.7 Å². The Morgan fingerprint density at radius 3 is 2.55 bits per heavy atom. The number of likely N-dealkylation sites (N-methyl/N-ethyl adjacent to an activating group) is 1. The largest absolute Gasteiger partial charge is 0.371 e. The van der Waals surface area contributed by atoms with Crippen molar-refractivity contribution in [2.75, 3.05) is 24.5 Å². The number of fused-ring (bicyclic) bond motifs is 1. The van der Waals surface area contributed by atoms with Gasteiger partial charge in [-0.25, -0.2) is 0 Å². The predicted octanol–water partition coefficient (Wildman–Crippen LogP) is 4.96. The zero-order valence-corrected chi connectivity index (χ0v) is 14.2. The van der Waals surface area contributed by atoms with Crippen LogP contribution < -0.4 is 4.90 Å². The van der Waals surface area contributed by atoms with Crippen LogP contribution in [0.4, 0.5) is 5.69 Å². The van der Waals surface area contributed by atoms with Crippen LogP contribution in [-0.2, 0) is 0 Å². The van der Waals surface area contributed by atoms with Gasteiger partial charge in [0.2, 0.25) is 0 Å². The van der Waals surface area contributed by atoms with Crippen molar-refractivity contribution in [3.63, 3.8) is 0 Å². The Kier molecular flexibility index (Phi) is 4.56. The fourth-order valence-electron chi connectivity index (χ4n) is 3.65. The van der Waals surface area contributed by atoms with Crippen molar-refractivity contribution in [1.29, 1.82) is 0 Å². The maximum absolute atomic E-state index is 2.60. The van der Waals surface area contributed by atoms with Crippen molar-refractivity contribution in [3.05, 3.63) is 47.2 Å². The molecule has 22 heavy (non-hydrogen) atoms. The molecule has 2 nitrogen and oxygen atoms in total. The molecular weight excluding hydrogens is 268 g/mol. The third-order valence-corrected chi connectivity index (χ3v) is 4.74. The van der Waals surface area contributed by atoms with Crippen LogP contribution in [0.5, 0.6) is 0 Å². The quantitative estimate of drug-likeness (QED) is 0.778. The van der Waals surface area contributed by atoms with Crippen LogP contribution in [-0.4, -0.2) is 24.5 Å². The Hall–Kier alpha value is -1.70. The van der Waals surface area contributed by atoms with Gasteiger partial charge in [-0.1, -0.05) is 24.6 Å². The molecule has 0 N–H and O–H groups in total. The summed E-state index contributed by atoms with van der Waals surface area (Å²) < 4.78 is 0. The van der Waals surface area contributed by atoms with Gasteiger partial charge >= 0.3 is 0 Å². The highest BCUT2D eigenvalue weighted by atomic mass is 15.2. The number of likely N-dealkylation sites (tertiary alicyclic amines) is 1. The van der Waals surface area contributed by atoms with Crippen LogP contribution in [0.15, 0.2) is 36.0 Å². The van der Waals surface area contributed by atoms with Gasteiger partial charge < -0.3 is 9.80 Å². The van der Waals surface area contributed by atoms with Crippen LogP contribution in [0, 0.1) is 6.92 Å². The summed E-state index contributed by atoms with van der Waals surface area (Å²) in [5, 5.41) is 0. The lowest BCUT2D eigenvalue weighted by molar-refractivity contribution is 0.325. The highest BCUT2D eigenvalue weighted by Crippen LogP contribution is 2.39. The zero-order chi connectivity index (χ0) is 15.5. The molecule has 0 spiro atoms. The normalized spacial score (nSPS) is 20.1. The zero-order valence-electron chi connectivity index (χ0n) is 14.2. The maximum Gasteiger partial charge on any atom is 0.0505 e. The van der Waals surface area contributed by atoms with E-state index in [9.17, 15) is 0 Å². The average molecular weight is 296 g/mol. The number of hydrogen-bond acceptors (Lipinski definition) is 2. The lowest BCUT2D eigenvalue weighted by atomic mass is 9.97. The highest BCUT2D eigenvalue weighted by Gasteiger charge is 2.25. The van der Waals surface area contributed by atoms with Gasteiger partial charge in [0.05, 0.1) is 5.69 Å². The Bertz CT molecular complexity index is 592. The number of anilines is 1. The van der Waals surface area contributed by atoms with E-state index >= 15 is 0 Å². The molecule has 1 saturated heterocycles. The standard InChI is InChI=1S/C20H28N2/c1-4-9-17-15-20(21-12-7-6-8-13-21)18-14-16(3)10-11-19(18)22(17)5-2/h9-11,14-15H,4-8,12-13H2,1-3H3/b17-9-. The second-order valence-electron chi connectivity index (χ2n) is 6.38. The van der Waals surface area contributed by atoms with E-state index in [1.54, 1.807) is 0 Å². The van der Waals surface area contributed by atoms with E-state index in [-0.39, 0.29) is 0 Å². The van der Waals surface area contributed by atoms with Crippen molar-refractivity contribution >= 4 is 11.4 Å². The summed E-state index contributed by atoms with van der Waals surface area (Å²) in [7, 11) is 0. The molecule has 2 heterocycles. The summed E-state index contributed by atoms with van der Waals surface area (Å²) in [4.78, 5) is 5.05. The van der Waals surface area contributed by atoms with Crippen molar-refractivity contribution in [1.82, 2.24) is 4.90 Å². The molecule has 0 saturated carbocycles. The molecule has 3 rings (SSSR count). The SMILES string of the molecule is CC/C=C1/C=C(N2CCCCC2)c2cc(C)ccc2N1CC. The minimum absolute atomic E-state index is 1.02. The van der Waals surface area contributed by atoms with Gasteiger partial charge in [0.15, 0.2) is 0 Å². The first-order valence-electron chi connectivity index (χ1n) is 8.80. The lowest BCUT2D eigenvalue weighted by Crippen LogP contribution is -2.33. The van der Waals surface area contributed by atoms with Gasteiger partial charge in [0.25, 0.3) is 0 Å². The van der Waals surface area contributed by atoms with Crippen LogP contribution in [0.2, 0.25) is 0 Å². The molecule has 0 unspecified atom stereocenters. The summed E-state index contributed by atoms with van der Waals surface area (Å²) in [6.45, 7) is 10.1. The average Bonchev–Trinajstić information content (AvgIpc) is 2.55. The van der Waals surface area contributed by atoms with Gasteiger partial charge in [0, 0.05) is 36.6 Å². The first-order chi connectivity index (χ1) is 10.7. The first kappa shape index (κ1) is 15.2. The van der Waals surface area contributed by atoms with E-state index in [0.717, 1.165) is 13.0 Å². The molecule has 1 fully saturated rings. The molecule has 2 aliphatic rings. The number of piperidine rings is 1. The number of hydrogen-bond donors (Lipinski definition) is 0. The smallest absolute Gasteiger partial charge is 0.0505 e. The summed E-state index contributed by atoms with van der Waals surface area (Å²) in [6, 6.07) is 6.90. The summed E-state index contributed by atoms with van der Waals surface area (Å²) >= 11 is 0. The van der Waals surface area contributed by atoms with E-state index in [2.05, 4.69) is 60.9 Å². The van der Waals surface area contributed by atoms with Crippen LogP contribution in [0.3, 0.4) is 0 Å². The highest BCUT2D eigenvalue weighted by molar-refractivity contribution is 5.84. The lowest BCUT2D eigenvalue weighted by Gasteiger charge is -2.38. The molecule has 0 aromatic heterocycles. The molecule has 2 aliphatic heterocycles. The molecule has 1 aromatic carbocycles. The Morgan fingerprint density at radius 1 is 1.09 bits per heavy atom. The molecular formula is C20H28N2. The molecule has 0 radical (unpaired) electrons. The fraction of sp³-hybridized carbons (Fsp3) is 0.500. The van der Waals surface area contributed by atoms with Crippen LogP contribution >= 0.6 is 0 Å². The number of rotatable bonds is 3. The number of nitrogens with zero attached hydrogens (tertiary/aromatic N) is 2. The number of aryl methyl sites for hydroxylation is 1. The Labute approximate surface area is 135 Å².